The molecule has 0 radical (unpaired) electrons. The summed E-state index contributed by atoms with van der Waals surface area (Å²) in [7, 11) is -2.49. The molecule has 210 valence electrons. The van der Waals surface area contributed by atoms with Crippen LogP contribution in [0.3, 0.4) is 0 Å². The third-order valence-electron chi connectivity index (χ3n) is 6.84. The van der Waals surface area contributed by atoms with Gasteiger partial charge in [-0.2, -0.15) is 0 Å². The van der Waals surface area contributed by atoms with Crippen LogP contribution in [-0.2, 0) is 39.6 Å². The molecule has 3 aromatic carbocycles. The SMILES string of the molecule is CCOC(=O)Cc1ccc(OCc2ccccc2)c(-c2cn(C)c(=O)c3c2ccn3S(=O)(=O)c2ccccc2C)c1. The average Bonchev–Trinajstić information content (AvgIpc) is 3.42. The molecule has 0 N–H and O–H groups in total. The molecule has 0 amide bonds. The molecule has 0 spiro atoms. The molecule has 0 atom stereocenters. The summed E-state index contributed by atoms with van der Waals surface area (Å²) in [5.74, 6) is 0.161. The standard InChI is InChI=1S/C32H30N2O6S/c1-4-39-30(35)19-24-14-15-28(40-21-23-11-6-5-7-12-23)26(18-24)27-20-33(3)32(36)31-25(27)16-17-34(31)41(37,38)29-13-9-8-10-22(29)2/h5-18,20H,4,19,21H2,1-3H3. The van der Waals surface area contributed by atoms with Crippen molar-refractivity contribution in [2.24, 2.45) is 7.05 Å². The lowest BCUT2D eigenvalue weighted by atomic mass is 9.99. The zero-order valence-corrected chi connectivity index (χ0v) is 23.9. The molecular formula is C32H30N2O6S. The number of carbonyl (C=O) groups is 1. The largest absolute Gasteiger partial charge is 0.488 e. The first-order valence-corrected chi connectivity index (χ1v) is 14.6. The molecule has 9 heteroatoms. The Kier molecular flexibility index (Phi) is 7.81. The van der Waals surface area contributed by atoms with Crippen molar-refractivity contribution in [3.05, 3.63) is 118 Å². The first-order valence-electron chi connectivity index (χ1n) is 13.2. The van der Waals surface area contributed by atoms with E-state index in [0.29, 0.717) is 40.0 Å². The van der Waals surface area contributed by atoms with Crippen molar-refractivity contribution < 1.29 is 22.7 Å². The van der Waals surface area contributed by atoms with Gasteiger partial charge in [-0.15, -0.1) is 0 Å². The third kappa shape index (κ3) is 5.53. The number of esters is 1. The smallest absolute Gasteiger partial charge is 0.310 e. The minimum atomic E-state index is -4.07. The van der Waals surface area contributed by atoms with E-state index < -0.39 is 15.6 Å². The first-order chi connectivity index (χ1) is 19.7. The van der Waals surface area contributed by atoms with Gasteiger partial charge in [0, 0.05) is 36.0 Å². The number of carbonyl (C=O) groups excluding carboxylic acids is 1. The van der Waals surface area contributed by atoms with Crippen LogP contribution in [-0.4, -0.2) is 29.5 Å². The number of ether oxygens (including phenoxy) is 2. The number of nitrogens with zero attached hydrogens (tertiary/aromatic N) is 2. The number of fused-ring (bicyclic) bond motifs is 1. The summed E-state index contributed by atoms with van der Waals surface area (Å²) < 4.78 is 41.3. The fourth-order valence-corrected chi connectivity index (χ4v) is 6.41. The van der Waals surface area contributed by atoms with Gasteiger partial charge >= 0.3 is 5.97 Å². The minimum absolute atomic E-state index is 0.0260. The predicted octanol–water partition coefficient (Wildman–Crippen LogP) is 5.24. The third-order valence-corrected chi connectivity index (χ3v) is 8.68. The molecule has 0 aliphatic heterocycles. The van der Waals surface area contributed by atoms with Crippen LogP contribution in [0.1, 0.15) is 23.6 Å². The van der Waals surface area contributed by atoms with Gasteiger partial charge < -0.3 is 14.0 Å². The monoisotopic (exact) mass is 570 g/mol. The highest BCUT2D eigenvalue weighted by atomic mass is 32.2. The van der Waals surface area contributed by atoms with Crippen LogP contribution in [0.2, 0.25) is 0 Å². The van der Waals surface area contributed by atoms with Crippen LogP contribution in [0.5, 0.6) is 5.75 Å². The molecule has 2 heterocycles. The Bertz CT molecular complexity index is 1910. The summed E-state index contributed by atoms with van der Waals surface area (Å²) in [6.45, 7) is 4.03. The van der Waals surface area contributed by atoms with E-state index in [0.717, 1.165) is 9.54 Å². The second kappa shape index (κ2) is 11.5. The summed E-state index contributed by atoms with van der Waals surface area (Å²) >= 11 is 0. The fraction of sp³-hybridized carbons (Fsp3) is 0.188. The molecule has 0 aliphatic carbocycles. The molecule has 0 saturated carbocycles. The van der Waals surface area contributed by atoms with Crippen LogP contribution in [0.4, 0.5) is 0 Å². The zero-order chi connectivity index (χ0) is 29.1. The van der Waals surface area contributed by atoms with Gasteiger partial charge in [0.25, 0.3) is 15.6 Å². The van der Waals surface area contributed by atoms with E-state index in [2.05, 4.69) is 0 Å². The van der Waals surface area contributed by atoms with Crippen LogP contribution in [0.15, 0.2) is 101 Å². The van der Waals surface area contributed by atoms with E-state index >= 15 is 0 Å². The van der Waals surface area contributed by atoms with Crippen molar-refractivity contribution in [1.82, 2.24) is 8.54 Å². The van der Waals surface area contributed by atoms with Gasteiger partial charge in [-0.05, 0) is 54.8 Å². The molecule has 0 aliphatic rings. The van der Waals surface area contributed by atoms with E-state index in [1.807, 2.05) is 36.4 Å². The maximum Gasteiger partial charge on any atom is 0.310 e. The predicted molar refractivity (Wildman–Crippen MR) is 157 cm³/mol. The first kappa shape index (κ1) is 27.9. The van der Waals surface area contributed by atoms with Crippen molar-refractivity contribution in [2.45, 2.75) is 31.8 Å². The van der Waals surface area contributed by atoms with Crippen molar-refractivity contribution in [3.63, 3.8) is 0 Å². The van der Waals surface area contributed by atoms with Gasteiger partial charge in [0.2, 0.25) is 0 Å². The highest BCUT2D eigenvalue weighted by Crippen LogP contribution is 2.37. The molecular weight excluding hydrogens is 540 g/mol. The Labute approximate surface area is 238 Å². The molecule has 2 aromatic heterocycles. The van der Waals surface area contributed by atoms with Crippen molar-refractivity contribution in [2.75, 3.05) is 6.61 Å². The van der Waals surface area contributed by atoms with Crippen molar-refractivity contribution in [1.29, 1.82) is 0 Å². The van der Waals surface area contributed by atoms with Crippen LogP contribution in [0, 0.1) is 6.92 Å². The molecule has 0 unspecified atom stereocenters. The van der Waals surface area contributed by atoms with Gasteiger partial charge in [-0.3, -0.25) is 9.59 Å². The topological polar surface area (TPSA) is 96.6 Å². The van der Waals surface area contributed by atoms with E-state index in [4.69, 9.17) is 9.47 Å². The number of hydrogen-bond donors (Lipinski definition) is 0. The zero-order valence-electron chi connectivity index (χ0n) is 23.0. The van der Waals surface area contributed by atoms with Gasteiger partial charge in [0.1, 0.15) is 17.9 Å². The Hall–Kier alpha value is -4.63. The average molecular weight is 571 g/mol. The number of rotatable bonds is 9. The summed E-state index contributed by atoms with van der Waals surface area (Å²) in [5, 5.41) is 0.447. The van der Waals surface area contributed by atoms with Gasteiger partial charge in [0.05, 0.1) is 17.9 Å². The highest BCUT2D eigenvalue weighted by Gasteiger charge is 2.25. The van der Waals surface area contributed by atoms with E-state index in [1.54, 1.807) is 63.5 Å². The molecule has 41 heavy (non-hydrogen) atoms. The van der Waals surface area contributed by atoms with Crippen LogP contribution < -0.4 is 10.3 Å². The molecule has 8 nitrogen and oxygen atoms in total. The fourth-order valence-electron chi connectivity index (χ4n) is 4.83. The number of pyridine rings is 1. The van der Waals surface area contributed by atoms with E-state index in [1.165, 1.54) is 16.8 Å². The number of benzene rings is 3. The summed E-state index contributed by atoms with van der Waals surface area (Å²) in [5.41, 5.74) is 3.02. The second-order valence-electron chi connectivity index (χ2n) is 9.69. The van der Waals surface area contributed by atoms with Crippen LogP contribution >= 0.6 is 0 Å². The maximum atomic E-state index is 13.7. The molecule has 5 aromatic rings. The number of hydrogen-bond acceptors (Lipinski definition) is 6. The Balaban J connectivity index is 1.69. The number of aromatic nitrogens is 2. The summed E-state index contributed by atoms with van der Waals surface area (Å²) in [4.78, 5) is 25.8. The van der Waals surface area contributed by atoms with Crippen molar-refractivity contribution >= 4 is 26.9 Å². The van der Waals surface area contributed by atoms with E-state index in [9.17, 15) is 18.0 Å². The van der Waals surface area contributed by atoms with Gasteiger partial charge in [-0.25, -0.2) is 12.4 Å². The Morgan fingerprint density at radius 3 is 2.37 bits per heavy atom. The lowest BCUT2D eigenvalue weighted by Crippen LogP contribution is -2.22. The quantitative estimate of drug-likeness (QED) is 0.225. The highest BCUT2D eigenvalue weighted by molar-refractivity contribution is 7.90. The van der Waals surface area contributed by atoms with Crippen molar-refractivity contribution in [3.8, 4) is 16.9 Å². The Morgan fingerprint density at radius 1 is 0.902 bits per heavy atom. The Morgan fingerprint density at radius 2 is 1.63 bits per heavy atom. The van der Waals surface area contributed by atoms with Gasteiger partial charge in [0.15, 0.2) is 0 Å². The second-order valence-corrected chi connectivity index (χ2v) is 11.5. The normalized spacial score (nSPS) is 11.5. The molecule has 5 rings (SSSR count). The van der Waals surface area contributed by atoms with Crippen LogP contribution in [0.25, 0.3) is 22.0 Å². The molecule has 0 saturated heterocycles. The molecule has 0 bridgehead atoms. The lowest BCUT2D eigenvalue weighted by Gasteiger charge is -2.16. The van der Waals surface area contributed by atoms with E-state index in [-0.39, 0.29) is 29.4 Å². The lowest BCUT2D eigenvalue weighted by molar-refractivity contribution is -0.142. The summed E-state index contributed by atoms with van der Waals surface area (Å²) in [6.07, 6.45) is 3.12. The minimum Gasteiger partial charge on any atom is -0.488 e. The maximum absolute atomic E-state index is 13.7. The summed E-state index contributed by atoms with van der Waals surface area (Å²) in [6, 6.07) is 23.4. The number of aryl methyl sites for hydroxylation is 2. The molecule has 0 fully saturated rings. The van der Waals surface area contributed by atoms with Gasteiger partial charge in [-0.1, -0.05) is 54.6 Å².